The predicted molar refractivity (Wildman–Crippen MR) is 441 cm³/mol. The summed E-state index contributed by atoms with van der Waals surface area (Å²) in [5, 5.41) is 53.8. The van der Waals surface area contributed by atoms with Gasteiger partial charge in [0.2, 0.25) is 17.6 Å². The third-order valence-electron chi connectivity index (χ3n) is 24.5. The van der Waals surface area contributed by atoms with Gasteiger partial charge in [-0.2, -0.15) is 19.3 Å². The van der Waals surface area contributed by atoms with E-state index in [1.807, 2.05) is 39.6 Å². The fraction of sp³-hybridized carbons (Fsp3) is 0.676. The number of nitrogen functional groups attached to an aromatic ring is 3. The number of aromatic amines is 2. The van der Waals surface area contributed by atoms with Crippen molar-refractivity contribution < 1.29 is 291 Å². The van der Waals surface area contributed by atoms with Crippen LogP contribution >= 0.6 is 40.1 Å². The van der Waals surface area contributed by atoms with Crippen LogP contribution in [0.3, 0.4) is 0 Å². The first kappa shape index (κ1) is 113. The molecule has 709 valence electrons. The minimum atomic E-state index is -2.30. The standard InChI is InChI=1S/C16H24N5O6P.C15H21N4O6P.C14H20N5O5P.C13H18FN2O7P.C13H20N3O6P.5Y/c1-5-24-12-8-11(19-14(17)20-12)21(7-18-8)13-9-10(22)16(27-13,6-25-28(4)23)15(2,3)26-9;1-7-17-11-8(12(21)18-7)16-6-19(11)13-9-10(20)15(25-13,5-23-26(4)22)14(2,3)24-9;1-13(2)14(4-22-25(3)21)9(20)8(23-13)12(24-14)19-6-18-7-10(15)16-5-17-11(7)19;1-12(2)13(5-21-24(3)20)8(17)7(22-12)10(23-13)16-4-6(14)9(18)15-11(16)19;1-12(2)13(6-20-23(3)19)9(17)8(21-12)10(22-13)16-5-4-7(14)15-11(16)18;;;;;/h7,9-10,13,22,28H,5-6H2,1-4H3,(H2,17,19,20);6,9-10,13,20,26H,5H2,1-4H3,(H,17,18,21);5-6,8-9,12,20,25H,4H2,1-3H3,(H2,15,16,17);4,7-8,10,17,24H,5H2,1-3H3,(H,15,18,19);4-5,8-10,17,23H,6H2,1-3H3,(H2,14,15,18);;;;;/t9-,10+,13-,16-;9-,10+,13-,15-;8-,9+,12-,14-;7-,8+,10-,13-;8-,9+,10-,13-;;;;;/m11111...../s1. The van der Waals surface area contributed by atoms with Gasteiger partial charge in [-0.3, -0.25) is 60.2 Å². The first-order valence-electron chi connectivity index (χ1n) is 39.6. The number of rotatable bonds is 22. The van der Waals surface area contributed by atoms with Gasteiger partial charge in [0.1, 0.15) is 84.5 Å². The number of aliphatic hydroxyl groups is 5. The van der Waals surface area contributed by atoms with E-state index in [2.05, 4.69) is 49.8 Å². The number of aromatic nitrogens is 16. The Morgan fingerprint density at radius 1 is 0.435 bits per heavy atom. The minimum absolute atomic E-state index is 0. The Labute approximate surface area is 874 Å². The first-order chi connectivity index (χ1) is 58.9. The van der Waals surface area contributed by atoms with Gasteiger partial charge in [0.25, 0.3) is 11.1 Å². The molecular weight excluding hydrogens is 2220 g/mol. The molecule has 10 fully saturated rings. The average molecular weight is 2320 g/mol. The van der Waals surface area contributed by atoms with Crippen molar-refractivity contribution in [3.8, 4) is 5.88 Å². The third-order valence-corrected chi connectivity index (χ3v) is 27.2. The minimum Gasteiger partial charge on any atom is -0.476 e. The number of fused-ring (bicyclic) bond motifs is 13. The molecule has 10 aliphatic heterocycles. The fourth-order valence-corrected chi connectivity index (χ4v) is 19.7. The van der Waals surface area contributed by atoms with Crippen LogP contribution in [0.5, 0.6) is 5.88 Å². The van der Waals surface area contributed by atoms with Crippen LogP contribution in [0.2, 0.25) is 0 Å². The van der Waals surface area contributed by atoms with E-state index in [-0.39, 0.29) is 231 Å². The van der Waals surface area contributed by atoms with Gasteiger partial charge in [-0.05, 0) is 89.2 Å². The van der Waals surface area contributed by atoms with Crippen molar-refractivity contribution in [2.24, 2.45) is 0 Å². The van der Waals surface area contributed by atoms with Crippen LogP contribution < -0.4 is 44.4 Å². The van der Waals surface area contributed by atoms with Gasteiger partial charge in [-0.25, -0.2) is 39.5 Å². The molecule has 25 atom stereocenters. The van der Waals surface area contributed by atoms with Crippen molar-refractivity contribution in [3.05, 3.63) is 97.1 Å². The number of hydrogen-bond acceptors (Lipinski definition) is 42. The van der Waals surface area contributed by atoms with Crippen molar-refractivity contribution in [3.63, 3.8) is 0 Å². The van der Waals surface area contributed by atoms with Crippen molar-refractivity contribution in [2.45, 2.75) is 231 Å². The van der Waals surface area contributed by atoms with Crippen molar-refractivity contribution >= 4 is 91.2 Å². The number of nitrogens with one attached hydrogen (secondary N) is 2. The third kappa shape index (κ3) is 20.1. The van der Waals surface area contributed by atoms with Crippen molar-refractivity contribution in [2.75, 3.05) is 90.2 Å². The molecule has 13 N–H and O–H groups in total. The topological polar surface area (TPSA) is 653 Å². The van der Waals surface area contributed by atoms with Gasteiger partial charge in [0.05, 0.1) is 92.8 Å². The van der Waals surface area contributed by atoms with Crippen LogP contribution in [0, 0.1) is 12.7 Å². The van der Waals surface area contributed by atoms with Crippen molar-refractivity contribution in [1.29, 1.82) is 0 Å². The fourth-order valence-electron chi connectivity index (χ4n) is 17.6. The number of anilines is 3. The zero-order chi connectivity index (χ0) is 92.0. The van der Waals surface area contributed by atoms with E-state index < -0.39 is 211 Å². The van der Waals surface area contributed by atoms with E-state index in [1.54, 1.807) is 62.2 Å². The Bertz CT molecular complexity index is 5910. The molecule has 5 radical (unpaired) electrons. The van der Waals surface area contributed by atoms with Gasteiger partial charge >= 0.3 is 11.4 Å². The van der Waals surface area contributed by atoms with Crippen LogP contribution in [0.1, 0.15) is 113 Å². The average Bonchev–Trinajstić information content (AvgIpc) is 1.53. The molecule has 60 heteroatoms. The van der Waals surface area contributed by atoms with Gasteiger partial charge < -0.3 is 122 Å². The van der Waals surface area contributed by atoms with Crippen molar-refractivity contribution in [1.82, 2.24) is 77.7 Å². The smallest absolute Gasteiger partial charge is 0.351 e. The number of aliphatic hydroxyl groups excluding tert-OH is 5. The monoisotopic (exact) mass is 2320 g/mol. The first-order valence-corrected chi connectivity index (χ1v) is 48.7. The zero-order valence-corrected chi connectivity index (χ0v) is 93.3. The predicted octanol–water partition coefficient (Wildman–Crippen LogP) is 0.767. The summed E-state index contributed by atoms with van der Waals surface area (Å²) in [6, 6.07) is 1.46. The molecule has 131 heavy (non-hydrogen) atoms. The van der Waals surface area contributed by atoms with Gasteiger partial charge in [0.15, 0.2) is 133 Å². The molecule has 0 amide bonds. The summed E-state index contributed by atoms with van der Waals surface area (Å²) in [4.78, 5) is 88.7. The Hall–Kier alpha value is -1.99. The van der Waals surface area contributed by atoms with E-state index in [9.17, 15) is 71.9 Å². The largest absolute Gasteiger partial charge is 0.476 e. The van der Waals surface area contributed by atoms with E-state index in [1.165, 1.54) is 75.5 Å². The number of hydrogen-bond donors (Lipinski definition) is 10. The molecule has 5 unspecified atom stereocenters. The molecule has 10 bridgehead atoms. The summed E-state index contributed by atoms with van der Waals surface area (Å²) in [6.45, 7) is 28.4. The second-order valence-electron chi connectivity index (χ2n) is 34.0. The number of imidazole rings is 3. The molecule has 18 heterocycles. The number of ether oxygens (including phenoxy) is 11. The van der Waals surface area contributed by atoms with E-state index in [0.717, 1.165) is 4.57 Å². The molecule has 10 aliphatic rings. The quantitative estimate of drug-likeness (QED) is 0.0419. The maximum absolute atomic E-state index is 13.5. The van der Waals surface area contributed by atoms with Crippen LogP contribution in [0.4, 0.5) is 22.0 Å². The molecule has 0 aromatic carbocycles. The van der Waals surface area contributed by atoms with Crippen LogP contribution in [-0.4, -0.2) is 293 Å². The van der Waals surface area contributed by atoms with E-state index in [4.69, 9.17) is 91.9 Å². The molecule has 18 rings (SSSR count). The molecule has 0 aliphatic carbocycles. The SMILES string of the molecule is CCOc1nc(N)nc2c1ncn2[C@@H]1O[C@]2(CO[PH](C)=O)[C@@H](O)[C@H]1OC2(C)C.C[PH](=O)OC[C@]12O[C@@H](n3cc(F)c(=O)[nH]c3=O)[C@H](OC1(C)C)[C@@H]2O.C[PH](=O)OC[C@]12O[C@@H](n3ccc(N)nc3=O)[C@H](OC1(C)C)[C@@H]2O.C[PH](=O)OC[C@]12O[C@@H](n3cnc4c(N)ncnc43)[C@H](OC1(C)C)[C@@H]2O.Cc1nc2c(ncn2[C@@H]2O[C@]3(CO[PH](C)=O)[C@@H](O)[C@H]2OC3(C)C)c(=O)[nH]1.[Y].[Y].[Y].[Y].[Y]. The van der Waals surface area contributed by atoms with Crippen LogP contribution in [0.25, 0.3) is 33.5 Å². The van der Waals surface area contributed by atoms with E-state index in [0.29, 0.717) is 46.6 Å². The zero-order valence-electron chi connectivity index (χ0n) is 74.1. The number of nitrogens with zero attached hydrogens (tertiary/aromatic N) is 14. The normalized spacial score (nSPS) is 33.0. The number of H-pyrrole nitrogens is 2. The second kappa shape index (κ2) is 42.3. The number of aryl methyl sites for hydroxylation is 1. The van der Waals surface area contributed by atoms with Gasteiger partial charge in [0, 0.05) is 203 Å². The Kier molecular flexibility index (Phi) is 36.3. The molecule has 0 saturated carbocycles. The summed E-state index contributed by atoms with van der Waals surface area (Å²) < 4.78 is 170. The summed E-state index contributed by atoms with van der Waals surface area (Å²) in [6.07, 6.45) is -5.12. The van der Waals surface area contributed by atoms with Crippen LogP contribution in [-0.2, 0) is 256 Å². The maximum atomic E-state index is 13.5. The summed E-state index contributed by atoms with van der Waals surface area (Å²) in [5.41, 5.74) is 5.95. The number of halogens is 1. The summed E-state index contributed by atoms with van der Waals surface area (Å²) in [5.74, 6) is -0.0627. The molecule has 8 aromatic heterocycles. The Balaban J connectivity index is 0.000000183. The number of nitrogens with two attached hydrogens (primary N) is 3. The van der Waals surface area contributed by atoms with Gasteiger partial charge in [-0.15, -0.1) is 0 Å². The molecular formula is C71H103FN19O30P5Y5. The van der Waals surface area contributed by atoms with Crippen LogP contribution in [0.15, 0.2) is 62.9 Å². The molecule has 0 spiro atoms. The Morgan fingerprint density at radius 2 is 0.771 bits per heavy atom. The molecule has 49 nitrogen and oxygen atoms in total. The van der Waals surface area contributed by atoms with Gasteiger partial charge in [-0.1, -0.05) is 0 Å². The summed E-state index contributed by atoms with van der Waals surface area (Å²) >= 11 is 0. The Morgan fingerprint density at radius 3 is 1.13 bits per heavy atom. The maximum Gasteiger partial charge on any atom is 0.351 e. The molecule has 8 aromatic rings. The van der Waals surface area contributed by atoms with E-state index >= 15 is 0 Å². The second-order valence-corrected chi connectivity index (χ2v) is 40.3. The summed E-state index contributed by atoms with van der Waals surface area (Å²) in [7, 11) is -11.1. The molecule has 10 saturated heterocycles.